The molecular weight excluding hydrogens is 414 g/mol. The number of allylic oxidation sites excluding steroid dienone is 1. The highest BCUT2D eigenvalue weighted by Gasteiger charge is 2.61. The van der Waals surface area contributed by atoms with Crippen LogP contribution in [0.15, 0.2) is 12.2 Å². The first kappa shape index (κ1) is 23.2. The third-order valence-corrected chi connectivity index (χ3v) is 7.01. The zero-order valence-corrected chi connectivity index (χ0v) is 19.2. The summed E-state index contributed by atoms with van der Waals surface area (Å²) in [5.41, 5.74) is 0.930. The normalized spacial score (nSPS) is 37.9. The van der Waals surface area contributed by atoms with Crippen LogP contribution in [0, 0.1) is 5.92 Å². The molecule has 5 atom stereocenters. The molecule has 3 amide bonds. The van der Waals surface area contributed by atoms with Crippen LogP contribution in [-0.2, 0) is 29.0 Å². The second-order valence-corrected chi connectivity index (χ2v) is 10.0. The third-order valence-electron chi connectivity index (χ3n) is 7.01. The van der Waals surface area contributed by atoms with Crippen LogP contribution in [-0.4, -0.2) is 58.6 Å². The van der Waals surface area contributed by atoms with Crippen molar-refractivity contribution in [2.75, 3.05) is 6.54 Å². The number of hydroxylamine groups is 1. The van der Waals surface area contributed by atoms with Gasteiger partial charge in [-0.2, -0.15) is 0 Å². The topological polar surface area (TPSA) is 106 Å². The van der Waals surface area contributed by atoms with Crippen molar-refractivity contribution in [1.82, 2.24) is 15.7 Å². The Labute approximate surface area is 189 Å². The van der Waals surface area contributed by atoms with E-state index in [2.05, 4.69) is 10.8 Å². The predicted octanol–water partition coefficient (Wildman–Crippen LogP) is 1.92. The average molecular weight is 450 g/mol. The number of carbonyl (C=O) groups is 3. The van der Waals surface area contributed by atoms with Crippen molar-refractivity contribution in [3.8, 4) is 0 Å². The Kier molecular flexibility index (Phi) is 6.61. The molecule has 2 aliphatic heterocycles. The minimum Gasteiger partial charge on any atom is -0.375 e. The highest BCUT2D eigenvalue weighted by atomic mass is 17.3. The van der Waals surface area contributed by atoms with E-state index in [1.807, 2.05) is 32.9 Å². The zero-order valence-electron chi connectivity index (χ0n) is 19.2. The maximum absolute atomic E-state index is 13.2. The summed E-state index contributed by atoms with van der Waals surface area (Å²) in [6.07, 6.45) is 9.23. The molecule has 4 rings (SSSR count). The summed E-state index contributed by atoms with van der Waals surface area (Å²) in [7, 11) is 0. The van der Waals surface area contributed by atoms with E-state index < -0.39 is 17.5 Å². The molecule has 0 aromatic rings. The lowest BCUT2D eigenvalue weighted by Gasteiger charge is -2.28. The molecule has 2 saturated carbocycles. The molecular formula is C23H35N3O6. The van der Waals surface area contributed by atoms with Crippen LogP contribution in [0.5, 0.6) is 0 Å². The van der Waals surface area contributed by atoms with E-state index in [4.69, 9.17) is 14.6 Å². The van der Waals surface area contributed by atoms with Crippen LogP contribution in [0.3, 0.4) is 0 Å². The van der Waals surface area contributed by atoms with E-state index in [0.717, 1.165) is 32.1 Å². The SMILES string of the molecule is C[C@@H]1CC/C=C\C2C[C@@]2(C(=O)NOOC2(C)CC2)NC(=O)[C@@H]2CCCN2C(=O)C[C@H](C)O1. The Hall–Kier alpha value is -1.97. The van der Waals surface area contributed by atoms with Crippen molar-refractivity contribution < 1.29 is 29.0 Å². The van der Waals surface area contributed by atoms with Gasteiger partial charge >= 0.3 is 0 Å². The van der Waals surface area contributed by atoms with E-state index >= 15 is 0 Å². The van der Waals surface area contributed by atoms with Crippen molar-refractivity contribution in [3.63, 3.8) is 0 Å². The van der Waals surface area contributed by atoms with Gasteiger partial charge in [0.05, 0.1) is 18.6 Å². The fraction of sp³-hybridized carbons (Fsp3) is 0.783. The summed E-state index contributed by atoms with van der Waals surface area (Å²) in [4.78, 5) is 50.9. The molecule has 0 spiro atoms. The molecule has 1 unspecified atom stereocenters. The van der Waals surface area contributed by atoms with Gasteiger partial charge in [0.25, 0.3) is 5.91 Å². The van der Waals surface area contributed by atoms with E-state index in [1.165, 1.54) is 0 Å². The van der Waals surface area contributed by atoms with Gasteiger partial charge in [-0.1, -0.05) is 12.2 Å². The number of ether oxygens (including phenoxy) is 1. The summed E-state index contributed by atoms with van der Waals surface area (Å²) >= 11 is 0. The predicted molar refractivity (Wildman–Crippen MR) is 115 cm³/mol. The van der Waals surface area contributed by atoms with Gasteiger partial charge in [-0.25, -0.2) is 10.4 Å². The second-order valence-electron chi connectivity index (χ2n) is 10.0. The highest BCUT2D eigenvalue weighted by molar-refractivity contribution is 5.97. The van der Waals surface area contributed by atoms with Crippen LogP contribution >= 0.6 is 0 Å². The molecule has 4 aliphatic rings. The molecule has 0 bridgehead atoms. The van der Waals surface area contributed by atoms with Crippen LogP contribution in [0.2, 0.25) is 0 Å². The zero-order chi connectivity index (χ0) is 22.9. The molecule has 9 heteroatoms. The maximum Gasteiger partial charge on any atom is 0.272 e. The van der Waals surface area contributed by atoms with E-state index in [0.29, 0.717) is 19.4 Å². The van der Waals surface area contributed by atoms with E-state index in [-0.39, 0.29) is 42.0 Å². The Morgan fingerprint density at radius 1 is 1.25 bits per heavy atom. The van der Waals surface area contributed by atoms with Gasteiger partial charge in [-0.05, 0) is 65.7 Å². The molecule has 0 aromatic carbocycles. The molecule has 178 valence electrons. The molecule has 1 saturated heterocycles. The molecule has 3 fully saturated rings. The van der Waals surface area contributed by atoms with Crippen molar-refractivity contribution in [2.24, 2.45) is 5.92 Å². The molecule has 2 aliphatic carbocycles. The summed E-state index contributed by atoms with van der Waals surface area (Å²) in [5.74, 6) is -0.961. The van der Waals surface area contributed by atoms with Gasteiger partial charge in [-0.15, -0.1) is 4.99 Å². The summed E-state index contributed by atoms with van der Waals surface area (Å²) < 4.78 is 5.97. The summed E-state index contributed by atoms with van der Waals surface area (Å²) in [5, 5.41) is 2.95. The quantitative estimate of drug-likeness (QED) is 0.386. The number of nitrogens with one attached hydrogen (secondary N) is 2. The van der Waals surface area contributed by atoms with Crippen molar-refractivity contribution in [2.45, 2.75) is 102 Å². The van der Waals surface area contributed by atoms with Crippen LogP contribution < -0.4 is 10.8 Å². The molecule has 0 radical (unpaired) electrons. The standard InChI is InChI=1S/C23H35N3O6/c1-15-7-4-5-8-17-14-23(17,21(29)25-32-31-22(3)10-11-22)24-20(28)18-9-6-12-26(18)19(27)13-16(2)30-15/h5,8,15-18H,4,6-7,9-14H2,1-3H3,(H,24,28)(H,25,29)/b8-5-/t15-,16+,17?,18+,23-/m1/s1. The minimum atomic E-state index is -1.09. The van der Waals surface area contributed by atoms with Gasteiger partial charge in [0.1, 0.15) is 17.2 Å². The van der Waals surface area contributed by atoms with Crippen LogP contribution in [0.25, 0.3) is 0 Å². The number of amides is 3. The fourth-order valence-electron chi connectivity index (χ4n) is 4.60. The van der Waals surface area contributed by atoms with Crippen molar-refractivity contribution in [3.05, 3.63) is 12.2 Å². The first-order valence-electron chi connectivity index (χ1n) is 11.8. The Balaban J connectivity index is 1.48. The number of fused-ring (bicyclic) bond motifs is 2. The third kappa shape index (κ3) is 5.15. The Morgan fingerprint density at radius 2 is 2.03 bits per heavy atom. The smallest absolute Gasteiger partial charge is 0.272 e. The lowest BCUT2D eigenvalue weighted by atomic mass is 10.1. The van der Waals surface area contributed by atoms with Crippen molar-refractivity contribution in [1.29, 1.82) is 0 Å². The van der Waals surface area contributed by atoms with Gasteiger partial charge < -0.3 is 15.0 Å². The molecule has 2 heterocycles. The average Bonchev–Trinajstić information content (AvgIpc) is 3.56. The van der Waals surface area contributed by atoms with E-state index in [9.17, 15) is 14.4 Å². The Morgan fingerprint density at radius 3 is 2.78 bits per heavy atom. The second kappa shape index (κ2) is 9.11. The van der Waals surface area contributed by atoms with Gasteiger partial charge in [0.15, 0.2) is 0 Å². The van der Waals surface area contributed by atoms with Gasteiger partial charge in [-0.3, -0.25) is 14.4 Å². The summed E-state index contributed by atoms with van der Waals surface area (Å²) in [6.45, 7) is 6.34. The van der Waals surface area contributed by atoms with Crippen molar-refractivity contribution >= 4 is 17.7 Å². The number of rotatable bonds is 4. The molecule has 9 nitrogen and oxygen atoms in total. The lowest BCUT2D eigenvalue weighted by Crippen LogP contribution is -2.55. The first-order chi connectivity index (χ1) is 15.2. The maximum atomic E-state index is 13.2. The molecule has 32 heavy (non-hydrogen) atoms. The lowest BCUT2D eigenvalue weighted by molar-refractivity contribution is -0.361. The number of hydrogen-bond acceptors (Lipinski definition) is 6. The molecule has 2 N–H and O–H groups in total. The largest absolute Gasteiger partial charge is 0.375 e. The van der Waals surface area contributed by atoms with Crippen LogP contribution in [0.4, 0.5) is 0 Å². The Bertz CT molecular complexity index is 782. The first-order valence-corrected chi connectivity index (χ1v) is 11.8. The monoisotopic (exact) mass is 449 g/mol. The minimum absolute atomic E-state index is 0.0170. The summed E-state index contributed by atoms with van der Waals surface area (Å²) in [6, 6.07) is -0.574. The van der Waals surface area contributed by atoms with Gasteiger partial charge in [0, 0.05) is 12.5 Å². The van der Waals surface area contributed by atoms with Crippen LogP contribution in [0.1, 0.15) is 72.1 Å². The highest BCUT2D eigenvalue weighted by Crippen LogP contribution is 2.46. The number of nitrogens with zero attached hydrogens (tertiary/aromatic N) is 1. The van der Waals surface area contributed by atoms with Gasteiger partial charge in [0.2, 0.25) is 11.8 Å². The number of carbonyl (C=O) groups excluding carboxylic acids is 3. The van der Waals surface area contributed by atoms with E-state index in [1.54, 1.807) is 4.90 Å². The molecule has 0 aromatic heterocycles. The fourth-order valence-corrected chi connectivity index (χ4v) is 4.60. The number of hydrogen-bond donors (Lipinski definition) is 2.